The minimum absolute atomic E-state index is 0.0594. The number of hydrogen-bond donors (Lipinski definition) is 2. The fourth-order valence-electron chi connectivity index (χ4n) is 6.94. The lowest BCUT2D eigenvalue weighted by atomic mass is 9.69. The van der Waals surface area contributed by atoms with Crippen LogP contribution in [0.5, 0.6) is 0 Å². The van der Waals surface area contributed by atoms with Crippen molar-refractivity contribution in [1.82, 2.24) is 30.0 Å². The van der Waals surface area contributed by atoms with Gasteiger partial charge in [-0.3, -0.25) is 19.6 Å². The molecule has 244 valence electrons. The summed E-state index contributed by atoms with van der Waals surface area (Å²) in [5.41, 5.74) is 7.52. The number of hydrogen-bond acceptors (Lipinski definition) is 4. The van der Waals surface area contributed by atoms with Gasteiger partial charge >= 0.3 is 0 Å². The second-order valence-electron chi connectivity index (χ2n) is 12.5. The molecule has 1 amide bonds. The monoisotopic (exact) mass is 656 g/mol. The number of fused-ring (bicyclic) bond motifs is 2. The topological polar surface area (TPSA) is 88.5 Å². The van der Waals surface area contributed by atoms with Crippen LogP contribution < -0.4 is 5.32 Å². The van der Waals surface area contributed by atoms with Gasteiger partial charge in [0.2, 0.25) is 5.82 Å². The van der Waals surface area contributed by atoms with Crippen molar-refractivity contribution in [2.24, 2.45) is 0 Å². The number of rotatable bonds is 9. The van der Waals surface area contributed by atoms with Gasteiger partial charge in [0.15, 0.2) is 0 Å². The van der Waals surface area contributed by atoms with Crippen LogP contribution in [0.2, 0.25) is 0 Å². The second kappa shape index (κ2) is 12.9. The van der Waals surface area contributed by atoms with E-state index in [0.29, 0.717) is 23.1 Å². The molecule has 3 aromatic heterocycles. The number of carbonyl (C=O) groups is 1. The summed E-state index contributed by atoms with van der Waals surface area (Å²) in [6.07, 6.45) is 3.55. The molecule has 0 saturated carbocycles. The zero-order chi connectivity index (χ0) is 34.1. The molecule has 8 heteroatoms. The Bertz CT molecular complexity index is 2330. The molecule has 3 heterocycles. The summed E-state index contributed by atoms with van der Waals surface area (Å²) in [6, 6.07) is 45.4. The minimum atomic E-state index is -0.577. The van der Waals surface area contributed by atoms with Gasteiger partial charge in [-0.15, -0.1) is 0 Å². The summed E-state index contributed by atoms with van der Waals surface area (Å²) in [5.74, 6) is -0.726. The van der Waals surface area contributed by atoms with Crippen LogP contribution in [0.25, 0.3) is 33.2 Å². The van der Waals surface area contributed by atoms with Gasteiger partial charge in [-0.05, 0) is 65.6 Å². The number of pyridine rings is 1. The largest absolute Gasteiger partial charge is 0.343 e. The molecular formula is C42H33FN6O. The van der Waals surface area contributed by atoms with Crippen LogP contribution in [0.3, 0.4) is 0 Å². The summed E-state index contributed by atoms with van der Waals surface area (Å²) in [4.78, 5) is 27.0. The molecule has 7 nitrogen and oxygen atoms in total. The molecule has 0 aliphatic carbocycles. The molecule has 0 spiro atoms. The van der Waals surface area contributed by atoms with Gasteiger partial charge in [0.1, 0.15) is 5.82 Å². The van der Waals surface area contributed by atoms with Gasteiger partial charge in [0.25, 0.3) is 5.91 Å². The Labute approximate surface area is 288 Å². The highest BCUT2D eigenvalue weighted by atomic mass is 19.1. The number of H-pyrrole nitrogens is 1. The van der Waals surface area contributed by atoms with Crippen molar-refractivity contribution in [3.63, 3.8) is 0 Å². The molecule has 0 bridgehead atoms. The minimum Gasteiger partial charge on any atom is -0.343 e. The third kappa shape index (κ3) is 5.60. The highest BCUT2D eigenvalue weighted by Gasteiger charge is 2.37. The van der Waals surface area contributed by atoms with Crippen molar-refractivity contribution in [3.05, 3.63) is 186 Å². The van der Waals surface area contributed by atoms with Crippen LogP contribution in [-0.4, -0.2) is 30.6 Å². The second-order valence-corrected chi connectivity index (χ2v) is 12.5. The average molecular weight is 657 g/mol. The lowest BCUT2D eigenvalue weighted by Crippen LogP contribution is -2.35. The quantitative estimate of drug-likeness (QED) is 0.152. The Morgan fingerprint density at radius 3 is 1.92 bits per heavy atom. The van der Waals surface area contributed by atoms with Crippen LogP contribution in [0.1, 0.15) is 45.8 Å². The Balaban J connectivity index is 1.29. The van der Waals surface area contributed by atoms with Crippen LogP contribution in [0.4, 0.5) is 4.39 Å². The maximum Gasteiger partial charge on any atom is 0.289 e. The predicted molar refractivity (Wildman–Crippen MR) is 194 cm³/mol. The zero-order valence-corrected chi connectivity index (χ0v) is 27.3. The molecule has 0 aliphatic heterocycles. The predicted octanol–water partition coefficient (Wildman–Crippen LogP) is 8.64. The fourth-order valence-corrected chi connectivity index (χ4v) is 6.94. The first-order valence-electron chi connectivity index (χ1n) is 16.5. The van der Waals surface area contributed by atoms with Gasteiger partial charge in [-0.25, -0.2) is 14.4 Å². The molecule has 2 N–H and O–H groups in total. The van der Waals surface area contributed by atoms with Crippen molar-refractivity contribution in [2.45, 2.75) is 24.9 Å². The molecule has 1 atom stereocenters. The SMILES string of the molecule is C[C@@H](NC(=O)c1nc2cc3c(-c4ccncc4)[nH]n(CC(c4ccccc4)(c4ccccc4)c4ccccc4)c3cc2n1)c1cccc(F)c1. The van der Waals surface area contributed by atoms with Crippen LogP contribution in [-0.2, 0) is 12.0 Å². The lowest BCUT2D eigenvalue weighted by Gasteiger charge is -2.36. The molecule has 0 radical (unpaired) electrons. The van der Waals surface area contributed by atoms with Gasteiger partial charge in [0.05, 0.1) is 40.2 Å². The number of halogens is 1. The Kier molecular flexibility index (Phi) is 7.97. The van der Waals surface area contributed by atoms with E-state index in [-0.39, 0.29) is 11.6 Å². The lowest BCUT2D eigenvalue weighted by molar-refractivity contribution is 0.0930. The average Bonchev–Trinajstić information content (AvgIpc) is 3.75. The van der Waals surface area contributed by atoms with E-state index >= 15 is 0 Å². The first-order chi connectivity index (χ1) is 24.5. The highest BCUT2D eigenvalue weighted by molar-refractivity contribution is 6.03. The zero-order valence-electron chi connectivity index (χ0n) is 27.3. The van der Waals surface area contributed by atoms with E-state index in [4.69, 9.17) is 0 Å². The number of carbonyl (C=O) groups excluding carboxylic acids is 1. The van der Waals surface area contributed by atoms with Crippen LogP contribution >= 0.6 is 0 Å². The van der Waals surface area contributed by atoms with Gasteiger partial charge in [-0.2, -0.15) is 0 Å². The molecule has 5 aromatic carbocycles. The van der Waals surface area contributed by atoms with Crippen molar-refractivity contribution < 1.29 is 9.18 Å². The molecule has 8 aromatic rings. The molecule has 50 heavy (non-hydrogen) atoms. The maximum atomic E-state index is 13.9. The normalized spacial score (nSPS) is 12.3. The van der Waals surface area contributed by atoms with Gasteiger partial charge < -0.3 is 5.32 Å². The molecular weight excluding hydrogens is 624 g/mol. The maximum absolute atomic E-state index is 13.9. The van der Waals surface area contributed by atoms with Crippen molar-refractivity contribution in [2.75, 3.05) is 0 Å². The number of benzene rings is 5. The number of amides is 1. The number of aromatic amines is 1. The molecule has 0 fully saturated rings. The van der Waals surface area contributed by atoms with Crippen LogP contribution in [0, 0.1) is 5.82 Å². The standard InChI is InChI=1S/C42H33FN6O/c1-28(30-12-11-19-34(43)24-30)45-41(50)40-46-36-25-35-38(26-37(36)47-40)49(48-39(35)29-20-22-44-23-21-29)27-42(31-13-5-2-6-14-31,32-15-7-3-8-16-32)33-17-9-4-10-18-33/h2-26,28,48H,27H2,1H3,(H,45,50)/t28-/m1/s1. The molecule has 0 saturated heterocycles. The molecule has 8 rings (SSSR count). The molecule has 0 unspecified atom stereocenters. The van der Waals surface area contributed by atoms with E-state index in [1.165, 1.54) is 12.1 Å². The Hall–Kier alpha value is -6.41. The first-order valence-corrected chi connectivity index (χ1v) is 16.5. The van der Waals surface area contributed by atoms with E-state index in [1.807, 2.05) is 49.4 Å². The first kappa shape index (κ1) is 30.9. The number of nitrogens with one attached hydrogen (secondary N) is 2. The third-order valence-corrected chi connectivity index (χ3v) is 9.42. The van der Waals surface area contributed by atoms with Crippen molar-refractivity contribution >= 4 is 27.8 Å². The number of aromatic nitrogens is 5. The van der Waals surface area contributed by atoms with E-state index < -0.39 is 17.4 Å². The van der Waals surface area contributed by atoms with E-state index in [2.05, 4.69) is 103 Å². The van der Waals surface area contributed by atoms with E-state index in [9.17, 15) is 9.18 Å². The van der Waals surface area contributed by atoms with Crippen molar-refractivity contribution in [3.8, 4) is 11.3 Å². The highest BCUT2D eigenvalue weighted by Crippen LogP contribution is 2.42. The fraction of sp³-hybridized carbons (Fsp3) is 0.0952. The van der Waals surface area contributed by atoms with E-state index in [1.54, 1.807) is 24.5 Å². The summed E-state index contributed by atoms with van der Waals surface area (Å²) in [7, 11) is 0. The Morgan fingerprint density at radius 2 is 1.34 bits per heavy atom. The van der Waals surface area contributed by atoms with Gasteiger partial charge in [-0.1, -0.05) is 103 Å². The third-order valence-electron chi connectivity index (χ3n) is 9.42. The van der Waals surface area contributed by atoms with E-state index in [0.717, 1.165) is 38.9 Å². The molecule has 0 aliphatic rings. The summed E-state index contributed by atoms with van der Waals surface area (Å²) < 4.78 is 16.0. The number of imidazole rings is 1. The summed E-state index contributed by atoms with van der Waals surface area (Å²) in [6.45, 7) is 2.34. The van der Waals surface area contributed by atoms with Gasteiger partial charge in [0, 0.05) is 23.3 Å². The summed E-state index contributed by atoms with van der Waals surface area (Å²) in [5, 5.41) is 7.60. The smallest absolute Gasteiger partial charge is 0.289 e. The summed E-state index contributed by atoms with van der Waals surface area (Å²) >= 11 is 0. The van der Waals surface area contributed by atoms with Crippen molar-refractivity contribution in [1.29, 1.82) is 0 Å². The van der Waals surface area contributed by atoms with Crippen LogP contribution in [0.15, 0.2) is 152 Å². The Morgan fingerprint density at radius 1 is 0.760 bits per heavy atom. The number of nitrogens with zero attached hydrogens (tertiary/aromatic N) is 4.